The third kappa shape index (κ3) is 5.58. The molecule has 2 heterocycles. The quantitative estimate of drug-likeness (QED) is 0.143. The normalized spacial score (nSPS) is 16.3. The van der Waals surface area contributed by atoms with Gasteiger partial charge in [0.05, 0.1) is 37.6 Å². The highest BCUT2D eigenvalue weighted by atomic mass is 32.1. The number of aryl methyl sites for hydroxylation is 2. The van der Waals surface area contributed by atoms with E-state index in [0.29, 0.717) is 47.1 Å². The van der Waals surface area contributed by atoms with Gasteiger partial charge in [0.15, 0.2) is 5.13 Å². The van der Waals surface area contributed by atoms with Gasteiger partial charge in [0.2, 0.25) is 0 Å². The number of esters is 1. The first-order chi connectivity index (χ1) is 19.2. The van der Waals surface area contributed by atoms with Crippen LogP contribution in [0, 0.1) is 13.8 Å². The molecule has 0 spiro atoms. The zero-order chi connectivity index (χ0) is 29.0. The molecule has 0 aliphatic carbocycles. The lowest BCUT2D eigenvalue weighted by Gasteiger charge is -2.23. The average Bonchev–Trinajstić information content (AvgIpc) is 3.46. The van der Waals surface area contributed by atoms with Crippen LogP contribution in [0.4, 0.5) is 5.13 Å². The van der Waals surface area contributed by atoms with Crippen molar-refractivity contribution in [1.82, 2.24) is 4.98 Å². The number of nitrogens with zero attached hydrogens (tertiary/aromatic N) is 2. The van der Waals surface area contributed by atoms with E-state index in [4.69, 9.17) is 14.2 Å². The van der Waals surface area contributed by atoms with Crippen LogP contribution in [0.1, 0.15) is 64.8 Å². The fourth-order valence-corrected chi connectivity index (χ4v) is 5.45. The van der Waals surface area contributed by atoms with Crippen molar-refractivity contribution in [1.29, 1.82) is 0 Å². The van der Waals surface area contributed by atoms with Crippen LogP contribution in [0.15, 0.2) is 48.0 Å². The summed E-state index contributed by atoms with van der Waals surface area (Å²) in [4.78, 5) is 45.2. The van der Waals surface area contributed by atoms with Crippen molar-refractivity contribution >= 4 is 39.9 Å². The van der Waals surface area contributed by atoms with Crippen LogP contribution in [0.25, 0.3) is 5.76 Å². The molecule has 1 saturated heterocycles. The number of thiazole rings is 1. The number of anilines is 1. The largest absolute Gasteiger partial charge is 0.507 e. The molecule has 9 nitrogen and oxygen atoms in total. The molecule has 3 aromatic rings. The summed E-state index contributed by atoms with van der Waals surface area (Å²) in [6, 6.07) is 11.2. The fraction of sp³-hybridized carbons (Fsp3) is 0.333. The minimum atomic E-state index is -0.994. The smallest absolute Gasteiger partial charge is 0.350 e. The maximum absolute atomic E-state index is 13.5. The topological polar surface area (TPSA) is 115 Å². The van der Waals surface area contributed by atoms with Crippen molar-refractivity contribution in [3.8, 4) is 11.5 Å². The second-order valence-electron chi connectivity index (χ2n) is 9.31. The molecule has 0 saturated carbocycles. The van der Waals surface area contributed by atoms with E-state index in [9.17, 15) is 19.5 Å². The monoisotopic (exact) mass is 564 g/mol. The van der Waals surface area contributed by atoms with Crippen molar-refractivity contribution < 1.29 is 33.7 Å². The highest BCUT2D eigenvalue weighted by Gasteiger charge is 2.48. The van der Waals surface area contributed by atoms with E-state index >= 15 is 0 Å². The maximum Gasteiger partial charge on any atom is 0.350 e. The summed E-state index contributed by atoms with van der Waals surface area (Å²) in [5.74, 6) is -1.33. The summed E-state index contributed by atoms with van der Waals surface area (Å²) in [6.45, 7) is 8.53. The highest BCUT2D eigenvalue weighted by molar-refractivity contribution is 7.17. The number of aliphatic hydroxyl groups excluding tert-OH is 1. The van der Waals surface area contributed by atoms with Gasteiger partial charge in [-0.1, -0.05) is 37.3 Å². The minimum absolute atomic E-state index is 0.0787. The molecule has 1 unspecified atom stereocenters. The number of rotatable bonds is 10. The molecule has 1 amide bonds. The van der Waals surface area contributed by atoms with Crippen LogP contribution in [0.3, 0.4) is 0 Å². The summed E-state index contributed by atoms with van der Waals surface area (Å²) in [6.07, 6.45) is 1.69. The van der Waals surface area contributed by atoms with Crippen LogP contribution in [-0.2, 0) is 14.3 Å². The lowest BCUT2D eigenvalue weighted by Crippen LogP contribution is -2.29. The summed E-state index contributed by atoms with van der Waals surface area (Å²) in [5, 5.41) is 11.7. The number of carbonyl (C=O) groups is 3. The molecule has 40 heavy (non-hydrogen) atoms. The van der Waals surface area contributed by atoms with Gasteiger partial charge in [-0.15, -0.1) is 0 Å². The van der Waals surface area contributed by atoms with E-state index in [2.05, 4.69) is 4.98 Å². The number of amides is 1. The number of aromatic nitrogens is 1. The van der Waals surface area contributed by atoms with E-state index in [-0.39, 0.29) is 21.3 Å². The molecule has 2 aromatic carbocycles. The molecule has 0 bridgehead atoms. The molecule has 10 heteroatoms. The van der Waals surface area contributed by atoms with E-state index in [0.717, 1.165) is 24.2 Å². The van der Waals surface area contributed by atoms with Gasteiger partial charge in [-0.05, 0) is 68.1 Å². The number of Topliss-reactive ketones (excluding diaryl/α,β-unsaturated/α-hetero) is 1. The van der Waals surface area contributed by atoms with Crippen LogP contribution in [0.5, 0.6) is 11.5 Å². The van der Waals surface area contributed by atoms with E-state index in [1.54, 1.807) is 56.3 Å². The van der Waals surface area contributed by atoms with Crippen molar-refractivity contribution in [3.63, 3.8) is 0 Å². The summed E-state index contributed by atoms with van der Waals surface area (Å²) in [5.41, 5.74) is 1.94. The average molecular weight is 565 g/mol. The SMILES string of the molecule is CCCOc1ccc(C2C(=C(O)c3ccc(OCCC)cc3C)C(=O)C(=O)N2c2nc(C)c(C(=O)OC)s2)cc1. The Bertz CT molecular complexity index is 1460. The van der Waals surface area contributed by atoms with E-state index < -0.39 is 23.7 Å². The third-order valence-corrected chi connectivity index (χ3v) is 7.54. The van der Waals surface area contributed by atoms with Crippen LogP contribution in [-0.4, -0.2) is 48.1 Å². The Morgan fingerprint density at radius 1 is 1.00 bits per heavy atom. The molecule has 1 aliphatic heterocycles. The number of ether oxygens (including phenoxy) is 3. The Morgan fingerprint density at radius 3 is 2.23 bits per heavy atom. The van der Waals surface area contributed by atoms with Crippen LogP contribution in [0.2, 0.25) is 0 Å². The van der Waals surface area contributed by atoms with Crippen LogP contribution < -0.4 is 14.4 Å². The Kier molecular flexibility index (Phi) is 8.89. The predicted octanol–water partition coefficient (Wildman–Crippen LogP) is 5.75. The van der Waals surface area contributed by atoms with Gasteiger partial charge >= 0.3 is 11.9 Å². The molecule has 1 aromatic heterocycles. The zero-order valence-corrected chi connectivity index (χ0v) is 24.0. The number of carbonyl (C=O) groups excluding carboxylic acids is 3. The first-order valence-electron chi connectivity index (χ1n) is 13.0. The lowest BCUT2D eigenvalue weighted by molar-refractivity contribution is -0.132. The molecule has 1 fully saturated rings. The first kappa shape index (κ1) is 28.8. The molecule has 1 aliphatic rings. The molecule has 4 rings (SSSR count). The van der Waals surface area contributed by atoms with Gasteiger partial charge in [0, 0.05) is 5.56 Å². The summed E-state index contributed by atoms with van der Waals surface area (Å²) in [7, 11) is 1.26. The second kappa shape index (κ2) is 12.3. The van der Waals surface area contributed by atoms with Crippen molar-refractivity contribution in [3.05, 3.63) is 75.3 Å². The number of methoxy groups -OCH3 is 1. The number of hydrogen-bond donors (Lipinski definition) is 1. The fourth-order valence-electron chi connectivity index (χ4n) is 4.44. The van der Waals surface area contributed by atoms with Gasteiger partial charge in [-0.3, -0.25) is 14.5 Å². The molecule has 210 valence electrons. The second-order valence-corrected chi connectivity index (χ2v) is 10.3. The molecular formula is C30H32N2O7S. The number of aliphatic hydroxyl groups is 1. The van der Waals surface area contributed by atoms with Gasteiger partial charge in [-0.2, -0.15) is 0 Å². The highest BCUT2D eigenvalue weighted by Crippen LogP contribution is 2.44. The van der Waals surface area contributed by atoms with Crippen LogP contribution >= 0.6 is 11.3 Å². The number of hydrogen-bond acceptors (Lipinski definition) is 9. The Morgan fingerprint density at radius 2 is 1.62 bits per heavy atom. The van der Waals surface area contributed by atoms with Gasteiger partial charge in [0.1, 0.15) is 22.1 Å². The Labute approximate surface area is 237 Å². The Balaban J connectivity index is 1.86. The van der Waals surface area contributed by atoms with Gasteiger partial charge in [-0.25, -0.2) is 9.78 Å². The van der Waals surface area contributed by atoms with Crippen molar-refractivity contribution in [2.75, 3.05) is 25.2 Å². The minimum Gasteiger partial charge on any atom is -0.507 e. The molecule has 1 atom stereocenters. The lowest BCUT2D eigenvalue weighted by atomic mass is 9.94. The number of benzene rings is 2. The zero-order valence-electron chi connectivity index (χ0n) is 23.1. The molecular weight excluding hydrogens is 532 g/mol. The van der Waals surface area contributed by atoms with E-state index in [1.165, 1.54) is 12.0 Å². The predicted molar refractivity (Wildman–Crippen MR) is 152 cm³/mol. The van der Waals surface area contributed by atoms with Crippen molar-refractivity contribution in [2.24, 2.45) is 0 Å². The standard InChI is InChI=1S/C30H32N2O7S/c1-6-14-38-20-10-8-19(9-11-20)24-23(25(33)22-13-12-21(16-17(22)3)39-15-7-2)26(34)28(35)32(24)30-31-18(4)27(40-30)29(36)37-5/h8-13,16,24,33H,6-7,14-15H2,1-5H3. The molecule has 1 N–H and O–H groups in total. The Hall–Kier alpha value is -4.18. The third-order valence-electron chi connectivity index (χ3n) is 6.40. The maximum atomic E-state index is 13.5. The summed E-state index contributed by atoms with van der Waals surface area (Å²) < 4.78 is 16.2. The van der Waals surface area contributed by atoms with Gasteiger partial charge < -0.3 is 19.3 Å². The molecule has 0 radical (unpaired) electrons. The van der Waals surface area contributed by atoms with E-state index in [1.807, 2.05) is 13.8 Å². The van der Waals surface area contributed by atoms with Crippen molar-refractivity contribution in [2.45, 2.75) is 46.6 Å². The first-order valence-corrected chi connectivity index (χ1v) is 13.9. The van der Waals surface area contributed by atoms with Gasteiger partial charge in [0.25, 0.3) is 5.78 Å². The summed E-state index contributed by atoms with van der Waals surface area (Å²) >= 11 is 0.952. The number of ketones is 1.